The van der Waals surface area contributed by atoms with Crippen molar-refractivity contribution in [3.63, 3.8) is 0 Å². The van der Waals surface area contributed by atoms with Gasteiger partial charge in [-0.3, -0.25) is 4.79 Å². The Kier molecular flexibility index (Phi) is 8.84. The summed E-state index contributed by atoms with van der Waals surface area (Å²) in [5.74, 6) is 0.358. The Labute approximate surface area is 174 Å². The molecule has 0 aliphatic rings. The van der Waals surface area contributed by atoms with Gasteiger partial charge in [0.1, 0.15) is 5.82 Å². The number of rotatable bonds is 9. The fourth-order valence-electron chi connectivity index (χ4n) is 2.36. The molecule has 9 heteroatoms. The van der Waals surface area contributed by atoms with E-state index < -0.39 is 0 Å². The summed E-state index contributed by atoms with van der Waals surface area (Å²) in [5.41, 5.74) is 1.04. The average molecular weight is 424 g/mol. The zero-order chi connectivity index (χ0) is 20.4. The number of amides is 3. The fourth-order valence-corrected chi connectivity index (χ4v) is 2.81. The number of carbonyl (C=O) groups excluding carboxylic acids is 2. The van der Waals surface area contributed by atoms with E-state index >= 15 is 0 Å². The minimum absolute atomic E-state index is 0.150. The lowest BCUT2D eigenvalue weighted by atomic mass is 10.2. The maximum absolute atomic E-state index is 12.0. The number of nitrogens with zero attached hydrogens (tertiary/aromatic N) is 2. The molecule has 0 fully saturated rings. The number of halogens is 2. The lowest BCUT2D eigenvalue weighted by Gasteiger charge is -2.18. The first-order chi connectivity index (χ1) is 13.5. The summed E-state index contributed by atoms with van der Waals surface area (Å²) < 4.78 is 0. The lowest BCUT2D eigenvalue weighted by molar-refractivity contribution is -0.120. The predicted molar refractivity (Wildman–Crippen MR) is 112 cm³/mol. The van der Waals surface area contributed by atoms with E-state index in [1.165, 1.54) is 6.20 Å². The van der Waals surface area contributed by atoms with Crippen LogP contribution in [0.2, 0.25) is 10.0 Å². The van der Waals surface area contributed by atoms with Gasteiger partial charge in [-0.25, -0.2) is 9.78 Å². The topological polar surface area (TPSA) is 86.4 Å². The van der Waals surface area contributed by atoms with Crippen molar-refractivity contribution in [2.75, 3.05) is 32.0 Å². The van der Waals surface area contributed by atoms with Crippen molar-refractivity contribution >= 4 is 41.0 Å². The van der Waals surface area contributed by atoms with Crippen molar-refractivity contribution in [2.45, 2.75) is 13.0 Å². The van der Waals surface area contributed by atoms with Gasteiger partial charge in [0.15, 0.2) is 0 Å². The molecule has 0 saturated heterocycles. The maximum atomic E-state index is 12.0. The molecule has 0 atom stereocenters. The summed E-state index contributed by atoms with van der Waals surface area (Å²) in [4.78, 5) is 29.5. The van der Waals surface area contributed by atoms with Gasteiger partial charge in [0, 0.05) is 45.8 Å². The molecule has 0 aliphatic heterocycles. The Morgan fingerprint density at radius 1 is 1.07 bits per heavy atom. The second kappa shape index (κ2) is 11.4. The van der Waals surface area contributed by atoms with Crippen molar-refractivity contribution in [1.29, 1.82) is 0 Å². The SMILES string of the molecule is CN(Cc1ccccc1)C(=O)NCCC(=O)NCCNc1ncc(Cl)cc1Cl. The first kappa shape index (κ1) is 21.8. The van der Waals surface area contributed by atoms with Crippen LogP contribution in [0, 0.1) is 0 Å². The Hall–Kier alpha value is -2.51. The summed E-state index contributed by atoms with van der Waals surface area (Å²) >= 11 is 11.8. The first-order valence-corrected chi connectivity index (χ1v) is 9.56. The third-order valence-corrected chi connectivity index (χ3v) is 4.28. The number of anilines is 1. The van der Waals surface area contributed by atoms with E-state index in [1.807, 2.05) is 30.3 Å². The summed E-state index contributed by atoms with van der Waals surface area (Å²) in [6, 6.07) is 11.1. The van der Waals surface area contributed by atoms with Crippen LogP contribution in [0.3, 0.4) is 0 Å². The molecular formula is C19H23Cl2N5O2. The third kappa shape index (κ3) is 7.62. The molecule has 2 rings (SSSR count). The summed E-state index contributed by atoms with van der Waals surface area (Å²) in [6.45, 7) is 1.64. The van der Waals surface area contributed by atoms with E-state index in [4.69, 9.17) is 23.2 Å². The molecule has 7 nitrogen and oxygen atoms in total. The average Bonchev–Trinajstić information content (AvgIpc) is 2.67. The third-order valence-electron chi connectivity index (χ3n) is 3.78. The highest BCUT2D eigenvalue weighted by Gasteiger charge is 2.09. The first-order valence-electron chi connectivity index (χ1n) is 8.80. The van der Waals surface area contributed by atoms with E-state index in [-0.39, 0.29) is 24.9 Å². The number of carbonyl (C=O) groups is 2. The van der Waals surface area contributed by atoms with Crippen molar-refractivity contribution in [1.82, 2.24) is 20.5 Å². The molecule has 0 radical (unpaired) electrons. The van der Waals surface area contributed by atoms with Crippen molar-refractivity contribution < 1.29 is 9.59 Å². The number of pyridine rings is 1. The van der Waals surface area contributed by atoms with E-state index in [0.29, 0.717) is 35.5 Å². The highest BCUT2D eigenvalue weighted by atomic mass is 35.5. The molecule has 3 amide bonds. The monoisotopic (exact) mass is 423 g/mol. The van der Waals surface area contributed by atoms with Gasteiger partial charge in [-0.05, 0) is 11.6 Å². The molecule has 1 aromatic carbocycles. The molecule has 0 saturated carbocycles. The molecule has 28 heavy (non-hydrogen) atoms. The van der Waals surface area contributed by atoms with Crippen LogP contribution >= 0.6 is 23.2 Å². The van der Waals surface area contributed by atoms with E-state index in [0.717, 1.165) is 5.56 Å². The predicted octanol–water partition coefficient (Wildman–Crippen LogP) is 3.15. The number of hydrogen-bond acceptors (Lipinski definition) is 4. The molecule has 0 spiro atoms. The number of urea groups is 1. The van der Waals surface area contributed by atoms with Crippen LogP contribution in [0.15, 0.2) is 42.6 Å². The molecule has 150 valence electrons. The number of benzene rings is 1. The van der Waals surface area contributed by atoms with Gasteiger partial charge >= 0.3 is 6.03 Å². The van der Waals surface area contributed by atoms with Crippen molar-refractivity contribution in [3.05, 3.63) is 58.2 Å². The standard InChI is InChI=1S/C19H23Cl2N5O2/c1-26(13-14-5-3-2-4-6-14)19(28)24-8-7-17(27)22-9-10-23-18-16(21)11-15(20)12-25-18/h2-6,11-12H,7-10,13H2,1H3,(H,22,27)(H,23,25)(H,24,28). The molecule has 1 aromatic heterocycles. The molecule has 2 aromatic rings. The van der Waals surface area contributed by atoms with Crippen molar-refractivity contribution in [3.8, 4) is 0 Å². The summed E-state index contributed by atoms with van der Waals surface area (Å²) in [6.07, 6.45) is 1.69. The van der Waals surface area contributed by atoms with Gasteiger partial charge in [0.2, 0.25) is 5.91 Å². The van der Waals surface area contributed by atoms with Crippen LogP contribution in [0.4, 0.5) is 10.6 Å². The summed E-state index contributed by atoms with van der Waals surface area (Å²) in [5, 5.41) is 9.39. The zero-order valence-electron chi connectivity index (χ0n) is 15.5. The smallest absolute Gasteiger partial charge is 0.317 e. The van der Waals surface area contributed by atoms with Crippen LogP contribution in [-0.4, -0.2) is 48.5 Å². The van der Waals surface area contributed by atoms with Gasteiger partial charge in [-0.1, -0.05) is 53.5 Å². The van der Waals surface area contributed by atoms with Crippen LogP contribution in [-0.2, 0) is 11.3 Å². The molecule has 0 aliphatic carbocycles. The van der Waals surface area contributed by atoms with Gasteiger partial charge in [-0.15, -0.1) is 0 Å². The minimum atomic E-state index is -0.221. The lowest BCUT2D eigenvalue weighted by Crippen LogP contribution is -2.39. The van der Waals surface area contributed by atoms with Gasteiger partial charge < -0.3 is 20.9 Å². The molecule has 1 heterocycles. The fraction of sp³-hybridized carbons (Fsp3) is 0.316. The van der Waals surface area contributed by atoms with Crippen LogP contribution < -0.4 is 16.0 Å². The Balaban J connectivity index is 1.58. The second-order valence-electron chi connectivity index (χ2n) is 6.08. The Bertz CT molecular complexity index is 789. The van der Waals surface area contributed by atoms with Crippen molar-refractivity contribution in [2.24, 2.45) is 0 Å². The second-order valence-corrected chi connectivity index (χ2v) is 6.93. The normalized spacial score (nSPS) is 10.2. The Morgan fingerprint density at radius 2 is 1.82 bits per heavy atom. The van der Waals surface area contributed by atoms with E-state index in [9.17, 15) is 9.59 Å². The largest absolute Gasteiger partial charge is 0.367 e. The highest BCUT2D eigenvalue weighted by Crippen LogP contribution is 2.21. The minimum Gasteiger partial charge on any atom is -0.367 e. The molecular weight excluding hydrogens is 401 g/mol. The van der Waals surface area contributed by atoms with Gasteiger partial charge in [0.05, 0.1) is 10.0 Å². The zero-order valence-corrected chi connectivity index (χ0v) is 17.1. The molecule has 0 unspecified atom stereocenters. The number of nitrogens with one attached hydrogen (secondary N) is 3. The maximum Gasteiger partial charge on any atom is 0.317 e. The Morgan fingerprint density at radius 3 is 2.54 bits per heavy atom. The van der Waals surface area contributed by atoms with Crippen LogP contribution in [0.25, 0.3) is 0 Å². The van der Waals surface area contributed by atoms with Gasteiger partial charge in [-0.2, -0.15) is 0 Å². The highest BCUT2D eigenvalue weighted by molar-refractivity contribution is 6.35. The van der Waals surface area contributed by atoms with Crippen LogP contribution in [0.1, 0.15) is 12.0 Å². The molecule has 3 N–H and O–H groups in total. The number of hydrogen-bond donors (Lipinski definition) is 3. The quantitative estimate of drug-likeness (QED) is 0.540. The van der Waals surface area contributed by atoms with Crippen LogP contribution in [0.5, 0.6) is 0 Å². The number of aromatic nitrogens is 1. The van der Waals surface area contributed by atoms with E-state index in [2.05, 4.69) is 20.9 Å². The van der Waals surface area contributed by atoms with E-state index in [1.54, 1.807) is 18.0 Å². The summed E-state index contributed by atoms with van der Waals surface area (Å²) in [7, 11) is 1.71. The van der Waals surface area contributed by atoms with Gasteiger partial charge in [0.25, 0.3) is 0 Å². The molecule has 0 bridgehead atoms.